The van der Waals surface area contributed by atoms with Crippen molar-refractivity contribution >= 4 is 5.84 Å². The third-order valence-electron chi connectivity index (χ3n) is 3.33. The number of hydrogen-bond donors (Lipinski definition) is 2. The van der Waals surface area contributed by atoms with Crippen molar-refractivity contribution in [1.29, 1.82) is 0 Å². The molecule has 118 valence electrons. The number of nitrogens with zero attached hydrogens (tertiary/aromatic N) is 1. The first-order chi connectivity index (χ1) is 10.2. The van der Waals surface area contributed by atoms with Gasteiger partial charge in [0.05, 0.1) is 13.7 Å². The van der Waals surface area contributed by atoms with Crippen molar-refractivity contribution in [2.24, 2.45) is 10.9 Å². The fourth-order valence-electron chi connectivity index (χ4n) is 2.10. The molecular formula is C16H26N2O3. The number of unbranched alkanes of at least 4 members (excludes halogenated alkanes) is 4. The van der Waals surface area contributed by atoms with Gasteiger partial charge >= 0.3 is 0 Å². The summed E-state index contributed by atoms with van der Waals surface area (Å²) in [6, 6.07) is 5.38. The highest BCUT2D eigenvalue weighted by molar-refractivity contribution is 5.97. The molecule has 0 amide bonds. The van der Waals surface area contributed by atoms with Crippen molar-refractivity contribution in [3.8, 4) is 5.75 Å². The highest BCUT2D eigenvalue weighted by Gasteiger charge is 2.07. The minimum atomic E-state index is 0.0819. The Morgan fingerprint density at radius 1 is 1.24 bits per heavy atom. The van der Waals surface area contributed by atoms with E-state index in [9.17, 15) is 0 Å². The molecule has 1 aromatic rings. The van der Waals surface area contributed by atoms with Crippen LogP contribution in [0.25, 0.3) is 0 Å². The van der Waals surface area contributed by atoms with E-state index < -0.39 is 0 Å². The molecule has 0 saturated carbocycles. The van der Waals surface area contributed by atoms with E-state index in [2.05, 4.69) is 12.1 Å². The van der Waals surface area contributed by atoms with Crippen LogP contribution in [-0.4, -0.2) is 24.8 Å². The quantitative estimate of drug-likeness (QED) is 0.228. The first kappa shape index (κ1) is 17.3. The lowest BCUT2D eigenvalue weighted by atomic mass is 10.1. The fraction of sp³-hybridized carbons (Fsp3) is 0.562. The lowest BCUT2D eigenvalue weighted by Gasteiger charge is -2.11. The minimum Gasteiger partial charge on any atom is -0.496 e. The third-order valence-corrected chi connectivity index (χ3v) is 3.33. The molecule has 5 nitrogen and oxygen atoms in total. The van der Waals surface area contributed by atoms with Crippen LogP contribution in [0.3, 0.4) is 0 Å². The summed E-state index contributed by atoms with van der Waals surface area (Å²) < 4.78 is 11.0. The number of hydrogen-bond acceptors (Lipinski definition) is 4. The van der Waals surface area contributed by atoms with Gasteiger partial charge in [-0.05, 0) is 24.6 Å². The summed E-state index contributed by atoms with van der Waals surface area (Å²) in [5, 5.41) is 11.7. The van der Waals surface area contributed by atoms with Crippen LogP contribution in [0.1, 0.15) is 50.2 Å². The number of ether oxygens (including phenoxy) is 2. The molecule has 0 aliphatic carbocycles. The lowest BCUT2D eigenvalue weighted by Crippen LogP contribution is -2.13. The van der Waals surface area contributed by atoms with Gasteiger partial charge in [0.1, 0.15) is 5.75 Å². The molecule has 5 heteroatoms. The Kier molecular flexibility index (Phi) is 8.28. The summed E-state index contributed by atoms with van der Waals surface area (Å²) >= 11 is 0. The molecule has 0 aromatic heterocycles. The number of amidine groups is 1. The number of benzene rings is 1. The van der Waals surface area contributed by atoms with Gasteiger partial charge < -0.3 is 20.4 Å². The van der Waals surface area contributed by atoms with E-state index in [1.807, 2.05) is 6.07 Å². The molecule has 0 aliphatic heterocycles. The van der Waals surface area contributed by atoms with Crippen LogP contribution in [0.2, 0.25) is 0 Å². The van der Waals surface area contributed by atoms with E-state index in [0.717, 1.165) is 24.3 Å². The SMILES string of the molecule is CCCCCCCOCc1cc(/C(N)=N/O)ccc1OC. The molecule has 0 heterocycles. The zero-order chi connectivity index (χ0) is 15.5. The molecule has 0 atom stereocenters. The van der Waals surface area contributed by atoms with Crippen molar-refractivity contribution < 1.29 is 14.7 Å². The van der Waals surface area contributed by atoms with E-state index in [-0.39, 0.29) is 5.84 Å². The summed E-state index contributed by atoms with van der Waals surface area (Å²) in [5.41, 5.74) is 7.15. The monoisotopic (exact) mass is 294 g/mol. The van der Waals surface area contributed by atoms with Gasteiger partial charge in [-0.3, -0.25) is 0 Å². The Morgan fingerprint density at radius 3 is 2.67 bits per heavy atom. The standard InChI is InChI=1S/C16H26N2O3/c1-3-4-5-6-7-10-21-12-14-11-13(16(17)18-19)8-9-15(14)20-2/h8-9,11,19H,3-7,10,12H2,1-2H3,(H2,17,18). The average Bonchev–Trinajstić information content (AvgIpc) is 2.53. The van der Waals surface area contributed by atoms with Gasteiger partial charge in [0, 0.05) is 17.7 Å². The van der Waals surface area contributed by atoms with Gasteiger partial charge in [-0.15, -0.1) is 0 Å². The van der Waals surface area contributed by atoms with Crippen LogP contribution >= 0.6 is 0 Å². The van der Waals surface area contributed by atoms with Crippen LogP contribution in [0.15, 0.2) is 23.4 Å². The smallest absolute Gasteiger partial charge is 0.170 e. The summed E-state index contributed by atoms with van der Waals surface area (Å²) in [6.07, 6.45) is 6.08. The summed E-state index contributed by atoms with van der Waals surface area (Å²) in [4.78, 5) is 0. The van der Waals surface area contributed by atoms with Crippen molar-refractivity contribution in [3.63, 3.8) is 0 Å². The number of oxime groups is 1. The first-order valence-electron chi connectivity index (χ1n) is 7.45. The Hall–Kier alpha value is -1.75. The van der Waals surface area contributed by atoms with Crippen molar-refractivity contribution in [3.05, 3.63) is 29.3 Å². The van der Waals surface area contributed by atoms with Crippen molar-refractivity contribution in [2.75, 3.05) is 13.7 Å². The molecule has 0 bridgehead atoms. The molecule has 0 aliphatic rings. The van der Waals surface area contributed by atoms with Crippen LogP contribution in [-0.2, 0) is 11.3 Å². The second-order valence-corrected chi connectivity index (χ2v) is 4.98. The Bertz CT molecular complexity index is 447. The van der Waals surface area contributed by atoms with Crippen LogP contribution in [0.5, 0.6) is 5.75 Å². The maximum atomic E-state index is 8.72. The van der Waals surface area contributed by atoms with Crippen LogP contribution in [0, 0.1) is 0 Å². The largest absolute Gasteiger partial charge is 0.496 e. The molecule has 1 aromatic carbocycles. The summed E-state index contributed by atoms with van der Waals surface area (Å²) in [5.74, 6) is 0.828. The first-order valence-corrected chi connectivity index (χ1v) is 7.45. The van der Waals surface area contributed by atoms with Gasteiger partial charge in [0.15, 0.2) is 5.84 Å². The minimum absolute atomic E-state index is 0.0819. The maximum absolute atomic E-state index is 8.72. The number of nitrogens with two attached hydrogens (primary N) is 1. The Labute approximate surface area is 126 Å². The number of rotatable bonds is 10. The van der Waals surface area contributed by atoms with E-state index in [0.29, 0.717) is 12.2 Å². The Balaban J connectivity index is 2.49. The topological polar surface area (TPSA) is 77.1 Å². The van der Waals surface area contributed by atoms with E-state index >= 15 is 0 Å². The highest BCUT2D eigenvalue weighted by Crippen LogP contribution is 2.21. The van der Waals surface area contributed by atoms with Crippen molar-refractivity contribution in [2.45, 2.75) is 45.6 Å². The van der Waals surface area contributed by atoms with Crippen molar-refractivity contribution in [1.82, 2.24) is 0 Å². The molecule has 0 unspecified atom stereocenters. The summed E-state index contributed by atoms with van der Waals surface area (Å²) in [6.45, 7) is 3.40. The predicted octanol–water partition coefficient (Wildman–Crippen LogP) is 3.28. The zero-order valence-corrected chi connectivity index (χ0v) is 13.0. The normalized spacial score (nSPS) is 11.6. The molecule has 21 heavy (non-hydrogen) atoms. The maximum Gasteiger partial charge on any atom is 0.170 e. The lowest BCUT2D eigenvalue weighted by molar-refractivity contribution is 0.115. The second-order valence-electron chi connectivity index (χ2n) is 4.98. The zero-order valence-electron chi connectivity index (χ0n) is 13.0. The molecular weight excluding hydrogens is 268 g/mol. The molecule has 0 radical (unpaired) electrons. The molecule has 0 spiro atoms. The van der Waals surface area contributed by atoms with Gasteiger partial charge in [0.25, 0.3) is 0 Å². The van der Waals surface area contributed by atoms with Gasteiger partial charge in [-0.1, -0.05) is 37.8 Å². The predicted molar refractivity (Wildman–Crippen MR) is 83.9 cm³/mol. The van der Waals surface area contributed by atoms with E-state index in [1.54, 1.807) is 19.2 Å². The van der Waals surface area contributed by atoms with Gasteiger partial charge in [-0.2, -0.15) is 0 Å². The summed E-state index contributed by atoms with van der Waals surface area (Å²) in [7, 11) is 1.62. The fourth-order valence-corrected chi connectivity index (χ4v) is 2.10. The third kappa shape index (κ3) is 6.04. The second kappa shape index (κ2) is 10.0. The van der Waals surface area contributed by atoms with E-state index in [4.69, 9.17) is 20.4 Å². The van der Waals surface area contributed by atoms with E-state index in [1.165, 1.54) is 25.7 Å². The van der Waals surface area contributed by atoms with Gasteiger partial charge in [-0.25, -0.2) is 0 Å². The molecule has 3 N–H and O–H groups in total. The average molecular weight is 294 g/mol. The van der Waals surface area contributed by atoms with Gasteiger partial charge in [0.2, 0.25) is 0 Å². The Morgan fingerprint density at radius 2 is 2.00 bits per heavy atom. The molecule has 1 rings (SSSR count). The van der Waals surface area contributed by atoms with Crippen LogP contribution < -0.4 is 10.5 Å². The number of methoxy groups -OCH3 is 1. The molecule has 0 fully saturated rings. The van der Waals surface area contributed by atoms with Crippen LogP contribution in [0.4, 0.5) is 0 Å². The molecule has 0 saturated heterocycles. The highest BCUT2D eigenvalue weighted by atomic mass is 16.5.